The van der Waals surface area contributed by atoms with Gasteiger partial charge in [-0.05, 0) is 76.6 Å². The maximum absolute atomic E-state index is 13.3. The zero-order valence-electron chi connectivity index (χ0n) is 24.1. The van der Waals surface area contributed by atoms with Crippen LogP contribution in [0.4, 0.5) is 10.5 Å². The third-order valence-electron chi connectivity index (χ3n) is 7.00. The van der Waals surface area contributed by atoms with E-state index in [9.17, 15) is 9.59 Å². The lowest BCUT2D eigenvalue weighted by Gasteiger charge is -2.40. The Balaban J connectivity index is 1.36. The summed E-state index contributed by atoms with van der Waals surface area (Å²) in [7, 11) is 1.77. The van der Waals surface area contributed by atoms with Gasteiger partial charge in [0.2, 0.25) is 0 Å². The van der Waals surface area contributed by atoms with Gasteiger partial charge in [-0.1, -0.05) is 24.3 Å². The number of ether oxygens (including phenoxy) is 1. The quantitative estimate of drug-likeness (QED) is 0.416. The minimum absolute atomic E-state index is 0.0618. The van der Waals surface area contributed by atoms with Crippen LogP contribution in [0.3, 0.4) is 0 Å². The van der Waals surface area contributed by atoms with Crippen molar-refractivity contribution in [2.75, 3.05) is 31.6 Å². The minimum Gasteiger partial charge on any atom is -0.444 e. The molecule has 0 aliphatic carbocycles. The van der Waals surface area contributed by atoms with E-state index in [2.05, 4.69) is 16.0 Å². The molecule has 0 saturated carbocycles. The Morgan fingerprint density at radius 2 is 1.73 bits per heavy atom. The number of carbonyl (C=O) groups is 2. The predicted molar refractivity (Wildman–Crippen MR) is 156 cm³/mol. The number of anilines is 1. The molecular formula is C32H37N5O3. The maximum Gasteiger partial charge on any atom is 0.410 e. The molecule has 8 nitrogen and oxygen atoms in total. The summed E-state index contributed by atoms with van der Waals surface area (Å²) >= 11 is 0. The lowest BCUT2D eigenvalue weighted by Crippen LogP contribution is -2.54. The Hall–Kier alpha value is -4.22. The Kier molecular flexibility index (Phi) is 8.55. The van der Waals surface area contributed by atoms with Crippen molar-refractivity contribution in [3.8, 4) is 17.3 Å². The molecule has 1 fully saturated rings. The molecule has 2 heterocycles. The van der Waals surface area contributed by atoms with Gasteiger partial charge in [-0.2, -0.15) is 5.26 Å². The Labute approximate surface area is 236 Å². The standard InChI is InChI=1S/C32H37N5O3/c1-22-20-36(17-18-37(22)31(39)40-32(3,4)5)21-25-9-13-27(14-10-25)35(6)30(38)28-15-16-29(34-23(28)2)26-11-7-24(19-33)8-12-26/h7-16,22H,17-18,20-21H2,1-6H3/t22-/m0/s1. The van der Waals surface area contributed by atoms with Crippen LogP contribution in [-0.2, 0) is 11.3 Å². The van der Waals surface area contributed by atoms with E-state index < -0.39 is 5.60 Å². The van der Waals surface area contributed by atoms with Gasteiger partial charge in [-0.3, -0.25) is 14.7 Å². The van der Waals surface area contributed by atoms with Crippen molar-refractivity contribution in [1.82, 2.24) is 14.8 Å². The fraction of sp³-hybridized carbons (Fsp3) is 0.375. The number of hydrogen-bond acceptors (Lipinski definition) is 6. The summed E-state index contributed by atoms with van der Waals surface area (Å²) in [4.78, 5) is 36.2. The number of nitriles is 1. The number of amides is 2. The molecule has 1 atom stereocenters. The van der Waals surface area contributed by atoms with Gasteiger partial charge >= 0.3 is 6.09 Å². The molecule has 208 valence electrons. The van der Waals surface area contributed by atoms with Crippen LogP contribution in [0.2, 0.25) is 0 Å². The molecule has 8 heteroatoms. The Morgan fingerprint density at radius 1 is 1.05 bits per heavy atom. The Morgan fingerprint density at radius 3 is 2.30 bits per heavy atom. The number of pyridine rings is 1. The molecule has 1 aromatic heterocycles. The number of aryl methyl sites for hydroxylation is 1. The van der Waals surface area contributed by atoms with Crippen LogP contribution in [0, 0.1) is 18.3 Å². The van der Waals surface area contributed by atoms with Gasteiger partial charge in [0.1, 0.15) is 5.60 Å². The summed E-state index contributed by atoms with van der Waals surface area (Å²) in [5.74, 6) is -0.129. The molecule has 0 unspecified atom stereocenters. The normalized spacial score (nSPS) is 15.8. The average Bonchev–Trinajstić information content (AvgIpc) is 2.92. The molecule has 0 radical (unpaired) electrons. The first-order chi connectivity index (χ1) is 18.9. The zero-order chi connectivity index (χ0) is 29.0. The van der Waals surface area contributed by atoms with Gasteiger partial charge in [0.05, 0.1) is 28.6 Å². The monoisotopic (exact) mass is 539 g/mol. The molecule has 1 saturated heterocycles. The third kappa shape index (κ3) is 6.85. The van der Waals surface area contributed by atoms with Crippen molar-refractivity contribution in [1.29, 1.82) is 5.26 Å². The molecule has 2 amide bonds. The van der Waals surface area contributed by atoms with E-state index in [4.69, 9.17) is 10.00 Å². The van der Waals surface area contributed by atoms with E-state index in [1.54, 1.807) is 35.0 Å². The van der Waals surface area contributed by atoms with E-state index in [1.165, 1.54) is 0 Å². The van der Waals surface area contributed by atoms with Crippen molar-refractivity contribution >= 4 is 17.7 Å². The van der Waals surface area contributed by atoms with E-state index >= 15 is 0 Å². The van der Waals surface area contributed by atoms with Crippen molar-refractivity contribution in [2.24, 2.45) is 0 Å². The number of hydrogen-bond donors (Lipinski definition) is 0. The van der Waals surface area contributed by atoms with Crippen LogP contribution in [0.1, 0.15) is 54.9 Å². The summed E-state index contributed by atoms with van der Waals surface area (Å²) in [5, 5.41) is 9.01. The van der Waals surface area contributed by atoms with Gasteiger partial charge < -0.3 is 14.5 Å². The summed E-state index contributed by atoms with van der Waals surface area (Å²) in [5.41, 5.74) is 4.87. The van der Waals surface area contributed by atoms with Crippen LogP contribution >= 0.6 is 0 Å². The second-order valence-corrected chi connectivity index (χ2v) is 11.3. The number of aromatic nitrogens is 1. The van der Waals surface area contributed by atoms with Crippen molar-refractivity contribution < 1.29 is 14.3 Å². The largest absolute Gasteiger partial charge is 0.444 e. The van der Waals surface area contributed by atoms with Gasteiger partial charge in [-0.15, -0.1) is 0 Å². The highest BCUT2D eigenvalue weighted by atomic mass is 16.6. The SMILES string of the molecule is Cc1nc(-c2ccc(C#N)cc2)ccc1C(=O)N(C)c1ccc(CN2CCN(C(=O)OC(C)(C)C)[C@@H](C)C2)cc1. The van der Waals surface area contributed by atoms with Crippen LogP contribution in [0.5, 0.6) is 0 Å². The molecule has 1 aliphatic heterocycles. The van der Waals surface area contributed by atoms with Gasteiger partial charge in [0.25, 0.3) is 5.91 Å². The zero-order valence-corrected chi connectivity index (χ0v) is 24.1. The molecule has 40 heavy (non-hydrogen) atoms. The van der Waals surface area contributed by atoms with E-state index in [0.29, 0.717) is 23.4 Å². The maximum atomic E-state index is 13.3. The second-order valence-electron chi connectivity index (χ2n) is 11.3. The Bertz CT molecular complexity index is 1400. The fourth-order valence-electron chi connectivity index (χ4n) is 4.81. The topological polar surface area (TPSA) is 89.8 Å². The van der Waals surface area contributed by atoms with Crippen molar-refractivity contribution in [2.45, 2.75) is 52.8 Å². The van der Waals surface area contributed by atoms with Crippen LogP contribution in [-0.4, -0.2) is 65.1 Å². The molecular weight excluding hydrogens is 502 g/mol. The van der Waals surface area contributed by atoms with Gasteiger partial charge in [-0.25, -0.2) is 4.79 Å². The molecule has 0 N–H and O–H groups in total. The van der Waals surface area contributed by atoms with Crippen LogP contribution < -0.4 is 4.90 Å². The summed E-state index contributed by atoms with van der Waals surface area (Å²) in [6.07, 6.45) is -0.258. The number of rotatable bonds is 5. The molecule has 0 bridgehead atoms. The molecule has 0 spiro atoms. The molecule has 4 rings (SSSR count). The van der Waals surface area contributed by atoms with E-state index in [1.807, 2.05) is 77.1 Å². The molecule has 2 aromatic carbocycles. The number of piperazine rings is 1. The number of nitrogens with zero attached hydrogens (tertiary/aromatic N) is 5. The first-order valence-corrected chi connectivity index (χ1v) is 13.5. The highest BCUT2D eigenvalue weighted by Gasteiger charge is 2.30. The lowest BCUT2D eigenvalue weighted by molar-refractivity contribution is 0.000550. The number of carbonyl (C=O) groups excluding carboxylic acids is 2. The summed E-state index contributed by atoms with van der Waals surface area (Å²) in [6.45, 7) is 12.5. The van der Waals surface area contributed by atoms with Crippen molar-refractivity contribution in [3.63, 3.8) is 0 Å². The molecule has 3 aromatic rings. The first-order valence-electron chi connectivity index (χ1n) is 13.5. The van der Waals surface area contributed by atoms with Crippen LogP contribution in [0.15, 0.2) is 60.7 Å². The van der Waals surface area contributed by atoms with Crippen LogP contribution in [0.25, 0.3) is 11.3 Å². The van der Waals surface area contributed by atoms with Gasteiger partial charge in [0.15, 0.2) is 0 Å². The van der Waals surface area contributed by atoms with E-state index in [-0.39, 0.29) is 18.0 Å². The first kappa shape index (κ1) is 28.8. The number of benzene rings is 2. The fourth-order valence-corrected chi connectivity index (χ4v) is 4.81. The van der Waals surface area contributed by atoms with E-state index in [0.717, 1.165) is 42.1 Å². The summed E-state index contributed by atoms with van der Waals surface area (Å²) < 4.78 is 5.55. The summed E-state index contributed by atoms with van der Waals surface area (Å²) in [6, 6.07) is 21.1. The highest BCUT2D eigenvalue weighted by Crippen LogP contribution is 2.23. The second kappa shape index (κ2) is 11.9. The van der Waals surface area contributed by atoms with Gasteiger partial charge in [0, 0.05) is 50.5 Å². The van der Waals surface area contributed by atoms with Crippen molar-refractivity contribution in [3.05, 3.63) is 83.0 Å². The minimum atomic E-state index is -0.505. The lowest BCUT2D eigenvalue weighted by atomic mass is 10.1. The highest BCUT2D eigenvalue weighted by molar-refractivity contribution is 6.06. The smallest absolute Gasteiger partial charge is 0.410 e. The predicted octanol–water partition coefficient (Wildman–Crippen LogP) is 5.65. The average molecular weight is 540 g/mol. The third-order valence-corrected chi connectivity index (χ3v) is 7.00. The molecule has 1 aliphatic rings.